The molecule has 0 radical (unpaired) electrons. The van der Waals surface area contributed by atoms with E-state index in [1.54, 1.807) is 0 Å². The van der Waals surface area contributed by atoms with E-state index in [-0.39, 0.29) is 6.04 Å². The van der Waals surface area contributed by atoms with Crippen LogP contribution in [0, 0.1) is 12.8 Å². The molecule has 0 saturated heterocycles. The fourth-order valence-corrected chi connectivity index (χ4v) is 1.92. The van der Waals surface area contributed by atoms with E-state index in [1.807, 2.05) is 26.0 Å². The highest BCUT2D eigenvalue weighted by molar-refractivity contribution is 5.29. The predicted octanol–water partition coefficient (Wildman–Crippen LogP) is 2.46. The van der Waals surface area contributed by atoms with Crippen LogP contribution in [-0.2, 0) is 6.42 Å². The van der Waals surface area contributed by atoms with Gasteiger partial charge in [0.1, 0.15) is 5.75 Å². The first-order chi connectivity index (χ1) is 8.15. The molecule has 0 spiro atoms. The zero-order valence-corrected chi connectivity index (χ0v) is 10.8. The van der Waals surface area contributed by atoms with E-state index in [9.17, 15) is 0 Å². The van der Waals surface area contributed by atoms with Gasteiger partial charge < -0.3 is 10.5 Å². The van der Waals surface area contributed by atoms with Crippen LogP contribution in [0.15, 0.2) is 12.1 Å². The number of pyridine rings is 1. The normalized spacial score (nSPS) is 16.9. The van der Waals surface area contributed by atoms with Gasteiger partial charge in [-0.05, 0) is 38.3 Å². The molecule has 1 fully saturated rings. The van der Waals surface area contributed by atoms with Gasteiger partial charge >= 0.3 is 0 Å². The molecule has 2 rings (SSSR count). The molecular weight excluding hydrogens is 212 g/mol. The lowest BCUT2D eigenvalue weighted by atomic mass is 10.1. The summed E-state index contributed by atoms with van der Waals surface area (Å²) in [6.45, 7) is 4.80. The second kappa shape index (κ2) is 5.50. The van der Waals surface area contributed by atoms with Crippen LogP contribution in [-0.4, -0.2) is 17.6 Å². The minimum Gasteiger partial charge on any atom is -0.492 e. The highest BCUT2D eigenvalue weighted by Gasteiger charge is 2.21. The van der Waals surface area contributed by atoms with Crippen LogP contribution in [0.2, 0.25) is 0 Å². The van der Waals surface area contributed by atoms with Crippen molar-refractivity contribution in [1.29, 1.82) is 0 Å². The highest BCUT2D eigenvalue weighted by Crippen LogP contribution is 2.32. The average molecular weight is 234 g/mol. The number of aromatic nitrogens is 1. The summed E-state index contributed by atoms with van der Waals surface area (Å²) < 4.78 is 5.83. The second-order valence-corrected chi connectivity index (χ2v) is 5.16. The molecule has 1 aliphatic carbocycles. The molecule has 3 nitrogen and oxygen atoms in total. The van der Waals surface area contributed by atoms with Crippen molar-refractivity contribution in [2.75, 3.05) is 6.61 Å². The topological polar surface area (TPSA) is 48.1 Å². The van der Waals surface area contributed by atoms with Crippen LogP contribution in [0.25, 0.3) is 0 Å². The van der Waals surface area contributed by atoms with E-state index < -0.39 is 0 Å². The van der Waals surface area contributed by atoms with Gasteiger partial charge in [-0.2, -0.15) is 0 Å². The van der Waals surface area contributed by atoms with E-state index >= 15 is 0 Å². The van der Waals surface area contributed by atoms with Crippen LogP contribution >= 0.6 is 0 Å². The van der Waals surface area contributed by atoms with Gasteiger partial charge in [0, 0.05) is 18.2 Å². The molecule has 1 aromatic rings. The summed E-state index contributed by atoms with van der Waals surface area (Å²) in [5, 5.41) is 0. The molecule has 17 heavy (non-hydrogen) atoms. The highest BCUT2D eigenvalue weighted by atomic mass is 16.5. The van der Waals surface area contributed by atoms with Crippen molar-refractivity contribution in [1.82, 2.24) is 4.98 Å². The number of hydrogen-bond acceptors (Lipinski definition) is 3. The zero-order chi connectivity index (χ0) is 12.3. The Morgan fingerprint density at radius 3 is 2.88 bits per heavy atom. The van der Waals surface area contributed by atoms with Crippen molar-refractivity contribution >= 4 is 0 Å². The molecule has 2 N–H and O–H groups in total. The Balaban J connectivity index is 1.96. The van der Waals surface area contributed by atoms with Gasteiger partial charge in [-0.3, -0.25) is 4.98 Å². The van der Waals surface area contributed by atoms with E-state index in [1.165, 1.54) is 19.3 Å². The molecule has 3 heteroatoms. The molecule has 1 saturated carbocycles. The third-order valence-corrected chi connectivity index (χ3v) is 3.07. The molecule has 0 bridgehead atoms. The number of hydrogen-bond donors (Lipinski definition) is 1. The summed E-state index contributed by atoms with van der Waals surface area (Å²) in [6, 6.07) is 4.14. The molecule has 0 aromatic carbocycles. The van der Waals surface area contributed by atoms with Crippen LogP contribution < -0.4 is 10.5 Å². The maximum absolute atomic E-state index is 5.83. The van der Waals surface area contributed by atoms with Crippen molar-refractivity contribution in [3.63, 3.8) is 0 Å². The molecule has 1 unspecified atom stereocenters. The van der Waals surface area contributed by atoms with Gasteiger partial charge in [0.25, 0.3) is 0 Å². The molecule has 1 aliphatic rings. The smallest absolute Gasteiger partial charge is 0.140 e. The number of nitrogens with zero attached hydrogens (tertiary/aromatic N) is 1. The third kappa shape index (κ3) is 4.00. The predicted molar refractivity (Wildman–Crippen MR) is 69.2 cm³/mol. The molecule has 0 amide bonds. The summed E-state index contributed by atoms with van der Waals surface area (Å²) in [6.07, 6.45) is 4.70. The van der Waals surface area contributed by atoms with Crippen LogP contribution in [0.4, 0.5) is 0 Å². The van der Waals surface area contributed by atoms with Crippen LogP contribution in [0.3, 0.4) is 0 Å². The molecule has 1 atom stereocenters. The third-order valence-electron chi connectivity index (χ3n) is 3.07. The first kappa shape index (κ1) is 12.4. The standard InChI is InChI=1S/C14H22N2O/c1-10(15)9-13-14(6-3-11(2)16-13)17-8-7-12-4-5-12/h3,6,10,12H,4-5,7-9,15H2,1-2H3. The van der Waals surface area contributed by atoms with Crippen molar-refractivity contribution in [2.24, 2.45) is 11.7 Å². The molecule has 1 heterocycles. The lowest BCUT2D eigenvalue weighted by molar-refractivity contribution is 0.297. The van der Waals surface area contributed by atoms with Gasteiger partial charge in [-0.1, -0.05) is 12.8 Å². The fourth-order valence-electron chi connectivity index (χ4n) is 1.92. The Labute approximate surface area is 103 Å². The Bertz CT molecular complexity index is 372. The SMILES string of the molecule is Cc1ccc(OCCC2CC2)c(CC(C)N)n1. The minimum absolute atomic E-state index is 0.120. The number of ether oxygens (including phenoxy) is 1. The van der Waals surface area contributed by atoms with Gasteiger partial charge in [-0.25, -0.2) is 0 Å². The number of aryl methyl sites for hydroxylation is 1. The second-order valence-electron chi connectivity index (χ2n) is 5.16. The number of nitrogens with two attached hydrogens (primary N) is 1. The number of rotatable bonds is 6. The summed E-state index contributed by atoms with van der Waals surface area (Å²) in [5.41, 5.74) is 7.85. The maximum Gasteiger partial charge on any atom is 0.140 e. The van der Waals surface area contributed by atoms with Gasteiger partial charge in [-0.15, -0.1) is 0 Å². The summed E-state index contributed by atoms with van der Waals surface area (Å²) in [5.74, 6) is 1.82. The van der Waals surface area contributed by atoms with E-state index in [0.717, 1.165) is 36.1 Å². The molecule has 1 aromatic heterocycles. The molecule has 94 valence electrons. The first-order valence-corrected chi connectivity index (χ1v) is 6.50. The molecular formula is C14H22N2O. The lowest BCUT2D eigenvalue weighted by Gasteiger charge is -2.12. The lowest BCUT2D eigenvalue weighted by Crippen LogP contribution is -2.19. The van der Waals surface area contributed by atoms with Gasteiger partial charge in [0.15, 0.2) is 0 Å². The Hall–Kier alpha value is -1.09. The van der Waals surface area contributed by atoms with E-state index in [4.69, 9.17) is 10.5 Å². The van der Waals surface area contributed by atoms with Crippen molar-refractivity contribution in [2.45, 2.75) is 45.6 Å². The fraction of sp³-hybridized carbons (Fsp3) is 0.643. The van der Waals surface area contributed by atoms with E-state index in [2.05, 4.69) is 4.98 Å². The Morgan fingerprint density at radius 2 is 2.24 bits per heavy atom. The van der Waals surface area contributed by atoms with Crippen LogP contribution in [0.5, 0.6) is 5.75 Å². The van der Waals surface area contributed by atoms with Crippen molar-refractivity contribution in [3.05, 3.63) is 23.5 Å². The first-order valence-electron chi connectivity index (χ1n) is 6.50. The Kier molecular flexibility index (Phi) is 4.00. The van der Waals surface area contributed by atoms with E-state index in [0.29, 0.717) is 0 Å². The zero-order valence-electron chi connectivity index (χ0n) is 10.8. The monoisotopic (exact) mass is 234 g/mol. The Morgan fingerprint density at radius 1 is 1.47 bits per heavy atom. The summed E-state index contributed by atoms with van der Waals surface area (Å²) in [4.78, 5) is 4.52. The largest absolute Gasteiger partial charge is 0.492 e. The summed E-state index contributed by atoms with van der Waals surface area (Å²) in [7, 11) is 0. The van der Waals surface area contributed by atoms with Gasteiger partial charge in [0.2, 0.25) is 0 Å². The van der Waals surface area contributed by atoms with Crippen molar-refractivity contribution < 1.29 is 4.74 Å². The van der Waals surface area contributed by atoms with Crippen LogP contribution in [0.1, 0.15) is 37.6 Å². The summed E-state index contributed by atoms with van der Waals surface area (Å²) >= 11 is 0. The average Bonchev–Trinajstić information content (AvgIpc) is 3.04. The maximum atomic E-state index is 5.83. The van der Waals surface area contributed by atoms with Gasteiger partial charge in [0.05, 0.1) is 12.3 Å². The molecule has 0 aliphatic heterocycles. The van der Waals surface area contributed by atoms with Crippen molar-refractivity contribution in [3.8, 4) is 5.75 Å². The quantitative estimate of drug-likeness (QED) is 0.822. The minimum atomic E-state index is 0.120.